The molecular weight excluding hydrogens is 273 g/mol. The topological polar surface area (TPSA) is 41.5 Å². The second kappa shape index (κ2) is 5.76. The molecule has 0 radical (unpaired) electrons. The average molecular weight is 290 g/mol. The highest BCUT2D eigenvalue weighted by Crippen LogP contribution is 2.27. The van der Waals surface area contributed by atoms with E-state index in [4.69, 9.17) is 27.9 Å². The predicted molar refractivity (Wildman–Crippen MR) is 73.2 cm³/mol. The highest BCUT2D eigenvalue weighted by atomic mass is 35.5. The lowest BCUT2D eigenvalue weighted by Gasteiger charge is -2.38. The molecule has 1 fully saturated rings. The van der Waals surface area contributed by atoms with E-state index in [0.717, 1.165) is 19.8 Å². The average Bonchev–Trinajstić information content (AvgIpc) is 2.30. The molecule has 2 N–H and O–H groups in total. The van der Waals surface area contributed by atoms with Crippen LogP contribution in [0.3, 0.4) is 0 Å². The van der Waals surface area contributed by atoms with Crippen LogP contribution < -0.4 is 5.32 Å². The molecule has 1 aliphatic rings. The highest BCUT2D eigenvalue weighted by molar-refractivity contribution is 6.33. The number of benzene rings is 1. The Morgan fingerprint density at radius 1 is 1.44 bits per heavy atom. The van der Waals surface area contributed by atoms with Crippen LogP contribution in [0.5, 0.6) is 0 Å². The van der Waals surface area contributed by atoms with E-state index in [1.54, 1.807) is 18.2 Å². The lowest BCUT2D eigenvalue weighted by atomic mass is 9.89. The van der Waals surface area contributed by atoms with Crippen LogP contribution in [0.1, 0.15) is 18.6 Å². The third kappa shape index (κ3) is 3.37. The van der Waals surface area contributed by atoms with Gasteiger partial charge in [0.05, 0.1) is 19.3 Å². The molecule has 0 aromatic heterocycles. The summed E-state index contributed by atoms with van der Waals surface area (Å²) in [4.78, 5) is 0. The maximum atomic E-state index is 10.1. The number of hydrogen-bond donors (Lipinski definition) is 2. The van der Waals surface area contributed by atoms with E-state index < -0.39 is 6.10 Å². The largest absolute Gasteiger partial charge is 0.387 e. The third-order valence-corrected chi connectivity index (χ3v) is 3.69. The molecular formula is C13H17Cl2NO2. The summed E-state index contributed by atoms with van der Waals surface area (Å²) < 4.78 is 5.17. The van der Waals surface area contributed by atoms with Crippen LogP contribution in [0.2, 0.25) is 10.0 Å². The SMILES string of the molecule is CC1(CNCC(O)c2cc(Cl)ccc2Cl)COC1. The molecule has 1 aliphatic heterocycles. The molecule has 0 bridgehead atoms. The number of ether oxygens (including phenoxy) is 1. The lowest BCUT2D eigenvalue weighted by Crippen LogP contribution is -2.47. The molecule has 5 heteroatoms. The van der Waals surface area contributed by atoms with Crippen molar-refractivity contribution in [3.63, 3.8) is 0 Å². The van der Waals surface area contributed by atoms with Gasteiger partial charge in [0, 0.05) is 34.1 Å². The maximum absolute atomic E-state index is 10.1. The Labute approximate surface area is 117 Å². The molecule has 2 rings (SSSR count). The molecule has 1 aromatic rings. The molecule has 1 saturated heterocycles. The van der Waals surface area contributed by atoms with Crippen LogP contribution in [-0.2, 0) is 4.74 Å². The Bertz CT molecular complexity index is 421. The second-order valence-electron chi connectivity index (χ2n) is 5.12. The fourth-order valence-corrected chi connectivity index (χ4v) is 2.37. The Morgan fingerprint density at radius 3 is 2.78 bits per heavy atom. The van der Waals surface area contributed by atoms with Crippen molar-refractivity contribution in [2.75, 3.05) is 26.3 Å². The van der Waals surface area contributed by atoms with Gasteiger partial charge in [-0.05, 0) is 18.2 Å². The Morgan fingerprint density at radius 2 is 2.17 bits per heavy atom. The van der Waals surface area contributed by atoms with Gasteiger partial charge in [0.25, 0.3) is 0 Å². The van der Waals surface area contributed by atoms with Crippen molar-refractivity contribution in [3.05, 3.63) is 33.8 Å². The van der Waals surface area contributed by atoms with Gasteiger partial charge in [-0.3, -0.25) is 0 Å². The first-order chi connectivity index (χ1) is 8.50. The molecule has 18 heavy (non-hydrogen) atoms. The first-order valence-corrected chi connectivity index (χ1v) is 6.67. The van der Waals surface area contributed by atoms with Gasteiger partial charge >= 0.3 is 0 Å². The van der Waals surface area contributed by atoms with Crippen molar-refractivity contribution in [2.45, 2.75) is 13.0 Å². The van der Waals surface area contributed by atoms with Crippen molar-refractivity contribution in [2.24, 2.45) is 5.41 Å². The van der Waals surface area contributed by atoms with E-state index in [1.165, 1.54) is 0 Å². The molecule has 0 saturated carbocycles. The molecule has 1 atom stereocenters. The predicted octanol–water partition coefficient (Wildman–Crippen LogP) is 2.65. The Kier molecular flexibility index (Phi) is 4.51. The summed E-state index contributed by atoms with van der Waals surface area (Å²) in [5.41, 5.74) is 0.851. The third-order valence-electron chi connectivity index (χ3n) is 3.11. The van der Waals surface area contributed by atoms with Crippen LogP contribution in [0.15, 0.2) is 18.2 Å². The maximum Gasteiger partial charge on any atom is 0.0929 e. The van der Waals surface area contributed by atoms with E-state index in [0.29, 0.717) is 22.2 Å². The first-order valence-electron chi connectivity index (χ1n) is 5.92. The normalized spacial score (nSPS) is 19.3. The lowest BCUT2D eigenvalue weighted by molar-refractivity contribution is -0.0996. The van der Waals surface area contributed by atoms with Crippen molar-refractivity contribution >= 4 is 23.2 Å². The molecule has 0 amide bonds. The van der Waals surface area contributed by atoms with Gasteiger partial charge in [-0.2, -0.15) is 0 Å². The monoisotopic (exact) mass is 289 g/mol. The van der Waals surface area contributed by atoms with Crippen molar-refractivity contribution in [1.82, 2.24) is 5.32 Å². The number of aliphatic hydroxyl groups is 1. The van der Waals surface area contributed by atoms with Crippen LogP contribution >= 0.6 is 23.2 Å². The Hall–Kier alpha value is -0.320. The number of hydrogen-bond acceptors (Lipinski definition) is 3. The van der Waals surface area contributed by atoms with E-state index in [-0.39, 0.29) is 5.41 Å². The first kappa shape index (κ1) is 14.1. The van der Waals surface area contributed by atoms with E-state index in [1.807, 2.05) is 0 Å². The number of aliphatic hydroxyl groups excluding tert-OH is 1. The number of halogens is 2. The highest BCUT2D eigenvalue weighted by Gasteiger charge is 2.32. The van der Waals surface area contributed by atoms with Crippen molar-refractivity contribution in [1.29, 1.82) is 0 Å². The van der Waals surface area contributed by atoms with Gasteiger partial charge < -0.3 is 15.2 Å². The zero-order valence-corrected chi connectivity index (χ0v) is 11.8. The van der Waals surface area contributed by atoms with E-state index in [2.05, 4.69) is 12.2 Å². The van der Waals surface area contributed by atoms with Gasteiger partial charge in [-0.1, -0.05) is 30.1 Å². The molecule has 0 spiro atoms. The summed E-state index contributed by atoms with van der Waals surface area (Å²) in [6.07, 6.45) is -0.652. The van der Waals surface area contributed by atoms with Crippen molar-refractivity contribution < 1.29 is 9.84 Å². The molecule has 3 nitrogen and oxygen atoms in total. The molecule has 1 heterocycles. The summed E-state index contributed by atoms with van der Waals surface area (Å²) in [7, 11) is 0. The quantitative estimate of drug-likeness (QED) is 0.876. The van der Waals surface area contributed by atoms with Gasteiger partial charge in [-0.15, -0.1) is 0 Å². The summed E-state index contributed by atoms with van der Waals surface area (Å²) in [6, 6.07) is 5.11. The van der Waals surface area contributed by atoms with Crippen LogP contribution in [0, 0.1) is 5.41 Å². The number of nitrogens with one attached hydrogen (secondary N) is 1. The molecule has 100 valence electrons. The minimum Gasteiger partial charge on any atom is -0.387 e. The summed E-state index contributed by atoms with van der Waals surface area (Å²) in [6.45, 7) is 4.97. The van der Waals surface area contributed by atoms with Crippen LogP contribution in [0.25, 0.3) is 0 Å². The second-order valence-corrected chi connectivity index (χ2v) is 5.96. The molecule has 1 aromatic carbocycles. The van der Waals surface area contributed by atoms with Crippen LogP contribution in [-0.4, -0.2) is 31.4 Å². The van der Waals surface area contributed by atoms with Gasteiger partial charge in [0.1, 0.15) is 0 Å². The van der Waals surface area contributed by atoms with Crippen molar-refractivity contribution in [3.8, 4) is 0 Å². The zero-order valence-electron chi connectivity index (χ0n) is 10.2. The standard InChI is InChI=1S/C13H17Cl2NO2/c1-13(7-18-8-13)6-16-5-12(17)10-4-9(14)2-3-11(10)15/h2-4,12,16-17H,5-8H2,1H3. The molecule has 1 unspecified atom stereocenters. The fraction of sp³-hybridized carbons (Fsp3) is 0.538. The zero-order chi connectivity index (χ0) is 13.2. The minimum absolute atomic E-state index is 0.192. The minimum atomic E-state index is -0.652. The molecule has 0 aliphatic carbocycles. The van der Waals surface area contributed by atoms with Crippen LogP contribution in [0.4, 0.5) is 0 Å². The summed E-state index contributed by atoms with van der Waals surface area (Å²) >= 11 is 11.9. The van der Waals surface area contributed by atoms with Gasteiger partial charge in [0.2, 0.25) is 0 Å². The van der Waals surface area contributed by atoms with Gasteiger partial charge in [0.15, 0.2) is 0 Å². The Balaban J connectivity index is 1.87. The van der Waals surface area contributed by atoms with E-state index in [9.17, 15) is 5.11 Å². The van der Waals surface area contributed by atoms with Gasteiger partial charge in [-0.25, -0.2) is 0 Å². The summed E-state index contributed by atoms with van der Waals surface area (Å²) in [5, 5.41) is 14.4. The fourth-order valence-electron chi connectivity index (χ4n) is 1.94. The number of rotatable bonds is 5. The smallest absolute Gasteiger partial charge is 0.0929 e. The van der Waals surface area contributed by atoms with E-state index >= 15 is 0 Å². The summed E-state index contributed by atoms with van der Waals surface area (Å²) in [5.74, 6) is 0.